The van der Waals surface area contributed by atoms with E-state index in [0.29, 0.717) is 0 Å². The minimum absolute atomic E-state index is 1.01. The van der Waals surface area contributed by atoms with Gasteiger partial charge in [0.05, 0.1) is 0 Å². The summed E-state index contributed by atoms with van der Waals surface area (Å²) in [7, 11) is 0. The summed E-state index contributed by atoms with van der Waals surface area (Å²) in [5.41, 5.74) is 11.7. The Morgan fingerprint density at radius 1 is 0.536 bits per heavy atom. The maximum Gasteiger partial charge on any atom is 0.0464 e. The molecule has 0 saturated carbocycles. The monoisotopic (exact) mass is 361 g/mol. The highest BCUT2D eigenvalue weighted by atomic mass is 15.1. The molecule has 4 aromatic rings. The van der Waals surface area contributed by atoms with Gasteiger partial charge in [-0.2, -0.15) is 0 Å². The molecule has 0 aliphatic heterocycles. The molecule has 0 bridgehead atoms. The quantitative estimate of drug-likeness (QED) is 0.325. The van der Waals surface area contributed by atoms with Crippen LogP contribution >= 0.6 is 0 Å². The van der Waals surface area contributed by atoms with Crippen molar-refractivity contribution < 1.29 is 0 Å². The highest BCUT2D eigenvalue weighted by Crippen LogP contribution is 2.41. The zero-order chi connectivity index (χ0) is 19.1. The van der Waals surface area contributed by atoms with Crippen LogP contribution in [0.2, 0.25) is 0 Å². The third-order valence-electron chi connectivity index (χ3n) is 5.56. The number of rotatable bonds is 3. The van der Waals surface area contributed by atoms with E-state index >= 15 is 0 Å². The summed E-state index contributed by atoms with van der Waals surface area (Å²) in [6.45, 7) is 4.30. The Morgan fingerprint density at radius 3 is 1.82 bits per heavy atom. The zero-order valence-electron chi connectivity index (χ0n) is 16.3. The van der Waals surface area contributed by atoms with Crippen molar-refractivity contribution in [3.63, 3.8) is 0 Å². The fourth-order valence-electron chi connectivity index (χ4n) is 4.25. The molecule has 0 fully saturated rings. The second kappa shape index (κ2) is 6.69. The molecule has 28 heavy (non-hydrogen) atoms. The van der Waals surface area contributed by atoms with E-state index in [1.54, 1.807) is 0 Å². The first kappa shape index (κ1) is 16.8. The van der Waals surface area contributed by atoms with Crippen LogP contribution in [0.5, 0.6) is 0 Å². The molecule has 0 radical (unpaired) electrons. The second-order valence-electron chi connectivity index (χ2n) is 7.69. The number of hydrogen-bond donors (Lipinski definition) is 0. The third-order valence-corrected chi connectivity index (χ3v) is 5.56. The van der Waals surface area contributed by atoms with Crippen molar-refractivity contribution in [2.24, 2.45) is 0 Å². The Bertz CT molecular complexity index is 1130. The first-order valence-electron chi connectivity index (χ1n) is 9.84. The third kappa shape index (κ3) is 2.90. The molecule has 1 heteroatoms. The molecule has 1 aliphatic carbocycles. The minimum Gasteiger partial charge on any atom is -0.310 e. The van der Waals surface area contributed by atoms with Crippen LogP contribution in [0.3, 0.4) is 0 Å². The summed E-state index contributed by atoms with van der Waals surface area (Å²) >= 11 is 0. The fraction of sp³-hybridized carbons (Fsp3) is 0.111. The predicted molar refractivity (Wildman–Crippen MR) is 119 cm³/mol. The molecular weight excluding hydrogens is 338 g/mol. The predicted octanol–water partition coefficient (Wildman–Crippen LogP) is 7.34. The maximum atomic E-state index is 2.36. The Morgan fingerprint density at radius 2 is 1.14 bits per heavy atom. The number of aryl methyl sites for hydroxylation is 2. The Hall–Kier alpha value is -3.32. The Kier molecular flexibility index (Phi) is 4.02. The van der Waals surface area contributed by atoms with Crippen LogP contribution in [0.1, 0.15) is 22.3 Å². The van der Waals surface area contributed by atoms with Gasteiger partial charge in [0.1, 0.15) is 0 Å². The molecule has 0 atom stereocenters. The van der Waals surface area contributed by atoms with Gasteiger partial charge in [0, 0.05) is 17.1 Å². The van der Waals surface area contributed by atoms with Gasteiger partial charge in [-0.3, -0.25) is 0 Å². The molecule has 0 N–H and O–H groups in total. The zero-order valence-corrected chi connectivity index (χ0v) is 16.3. The Labute approximate surface area is 166 Å². The van der Waals surface area contributed by atoms with Crippen molar-refractivity contribution in [2.45, 2.75) is 20.3 Å². The summed E-state index contributed by atoms with van der Waals surface area (Å²) in [5, 5.41) is 0. The van der Waals surface area contributed by atoms with E-state index in [1.165, 1.54) is 50.4 Å². The standard InChI is InChI=1S/C27H23N/c1-19-7-5-10-23(15-19)28(24-11-6-8-20(2)16-24)25-13-14-27-22(18-25)17-21-9-3-4-12-26(21)27/h3-16,18H,17H2,1-2H3. The van der Waals surface area contributed by atoms with Gasteiger partial charge in [-0.25, -0.2) is 0 Å². The van der Waals surface area contributed by atoms with Crippen molar-refractivity contribution >= 4 is 17.1 Å². The number of nitrogens with zero attached hydrogens (tertiary/aromatic N) is 1. The van der Waals surface area contributed by atoms with Crippen LogP contribution in [0.4, 0.5) is 17.1 Å². The van der Waals surface area contributed by atoms with Gasteiger partial charge < -0.3 is 4.90 Å². The number of anilines is 3. The summed E-state index contributed by atoms with van der Waals surface area (Å²) in [6.07, 6.45) is 1.01. The van der Waals surface area contributed by atoms with E-state index in [0.717, 1.165) is 6.42 Å². The van der Waals surface area contributed by atoms with Gasteiger partial charge in [-0.1, -0.05) is 54.6 Å². The lowest BCUT2D eigenvalue weighted by Gasteiger charge is -2.26. The summed E-state index contributed by atoms with van der Waals surface area (Å²) in [5.74, 6) is 0. The Balaban J connectivity index is 1.65. The highest BCUT2D eigenvalue weighted by molar-refractivity contribution is 5.83. The smallest absolute Gasteiger partial charge is 0.0464 e. The normalized spacial score (nSPS) is 11.8. The largest absolute Gasteiger partial charge is 0.310 e. The van der Waals surface area contributed by atoms with E-state index in [4.69, 9.17) is 0 Å². The van der Waals surface area contributed by atoms with Crippen molar-refractivity contribution in [3.05, 3.63) is 113 Å². The molecule has 0 heterocycles. The maximum absolute atomic E-state index is 2.36. The van der Waals surface area contributed by atoms with E-state index in [-0.39, 0.29) is 0 Å². The molecule has 0 aromatic heterocycles. The van der Waals surface area contributed by atoms with Gasteiger partial charge in [0.2, 0.25) is 0 Å². The summed E-state index contributed by atoms with van der Waals surface area (Å²) in [6, 6.07) is 33.1. The van der Waals surface area contributed by atoms with Gasteiger partial charge in [-0.15, -0.1) is 0 Å². The average molecular weight is 361 g/mol. The molecular formula is C27H23N. The molecule has 0 saturated heterocycles. The molecule has 136 valence electrons. The lowest BCUT2D eigenvalue weighted by molar-refractivity contribution is 1.22. The molecule has 1 nitrogen and oxygen atoms in total. The fourth-order valence-corrected chi connectivity index (χ4v) is 4.25. The first-order chi connectivity index (χ1) is 13.7. The average Bonchev–Trinajstić information content (AvgIpc) is 3.06. The van der Waals surface area contributed by atoms with Crippen LogP contribution in [-0.2, 0) is 6.42 Å². The number of benzene rings is 4. The molecule has 0 amide bonds. The van der Waals surface area contributed by atoms with E-state index in [2.05, 4.69) is 110 Å². The van der Waals surface area contributed by atoms with Gasteiger partial charge >= 0.3 is 0 Å². The van der Waals surface area contributed by atoms with E-state index in [1.807, 2.05) is 0 Å². The number of hydrogen-bond acceptors (Lipinski definition) is 1. The lowest BCUT2D eigenvalue weighted by Crippen LogP contribution is -2.10. The van der Waals surface area contributed by atoms with Gasteiger partial charge in [-0.05, 0) is 90.0 Å². The second-order valence-corrected chi connectivity index (χ2v) is 7.69. The van der Waals surface area contributed by atoms with Crippen molar-refractivity contribution in [3.8, 4) is 11.1 Å². The molecule has 0 spiro atoms. The van der Waals surface area contributed by atoms with Crippen molar-refractivity contribution in [1.82, 2.24) is 0 Å². The molecule has 5 rings (SSSR count). The highest BCUT2D eigenvalue weighted by Gasteiger charge is 2.20. The van der Waals surface area contributed by atoms with E-state index in [9.17, 15) is 0 Å². The van der Waals surface area contributed by atoms with E-state index < -0.39 is 0 Å². The summed E-state index contributed by atoms with van der Waals surface area (Å²) < 4.78 is 0. The van der Waals surface area contributed by atoms with Crippen LogP contribution in [-0.4, -0.2) is 0 Å². The minimum atomic E-state index is 1.01. The van der Waals surface area contributed by atoms with Crippen molar-refractivity contribution in [2.75, 3.05) is 4.90 Å². The number of fused-ring (bicyclic) bond motifs is 3. The van der Waals surface area contributed by atoms with Crippen LogP contribution < -0.4 is 4.90 Å². The molecule has 1 aliphatic rings. The van der Waals surface area contributed by atoms with Gasteiger partial charge in [0.15, 0.2) is 0 Å². The first-order valence-corrected chi connectivity index (χ1v) is 9.84. The molecule has 4 aromatic carbocycles. The topological polar surface area (TPSA) is 3.24 Å². The SMILES string of the molecule is Cc1cccc(N(c2cccc(C)c2)c2ccc3c(c2)Cc2ccccc2-3)c1. The molecule has 0 unspecified atom stereocenters. The van der Waals surface area contributed by atoms with Crippen LogP contribution in [0.15, 0.2) is 91.0 Å². The summed E-state index contributed by atoms with van der Waals surface area (Å²) in [4.78, 5) is 2.36. The van der Waals surface area contributed by atoms with Crippen LogP contribution in [0.25, 0.3) is 11.1 Å². The van der Waals surface area contributed by atoms with Gasteiger partial charge in [0.25, 0.3) is 0 Å². The van der Waals surface area contributed by atoms with Crippen molar-refractivity contribution in [1.29, 1.82) is 0 Å². The lowest BCUT2D eigenvalue weighted by atomic mass is 10.0. The van der Waals surface area contributed by atoms with Crippen LogP contribution in [0, 0.1) is 13.8 Å².